The molecule has 0 radical (unpaired) electrons. The van der Waals surface area contributed by atoms with Gasteiger partial charge in [-0.25, -0.2) is 9.37 Å². The summed E-state index contributed by atoms with van der Waals surface area (Å²) in [5, 5.41) is 2.79. The number of imidazole rings is 1. The van der Waals surface area contributed by atoms with Crippen molar-refractivity contribution in [3.8, 4) is 22.7 Å². The van der Waals surface area contributed by atoms with Gasteiger partial charge in [-0.05, 0) is 68.3 Å². The van der Waals surface area contributed by atoms with Crippen molar-refractivity contribution in [2.45, 2.75) is 38.6 Å². The van der Waals surface area contributed by atoms with Gasteiger partial charge in [-0.2, -0.15) is 0 Å². The van der Waals surface area contributed by atoms with Gasteiger partial charge < -0.3 is 14.3 Å². The monoisotopic (exact) mass is 457 g/mol. The second kappa shape index (κ2) is 9.09. The first-order valence-corrected chi connectivity index (χ1v) is 11.3. The van der Waals surface area contributed by atoms with Gasteiger partial charge in [0.15, 0.2) is 17.3 Å². The number of nitrogens with one attached hydrogen (secondary N) is 1. The fraction of sp³-hybridized carbons (Fsp3) is 0.222. The fourth-order valence-electron chi connectivity index (χ4n) is 4.48. The molecular formula is C27H24FN3O3. The minimum atomic E-state index is -0.415. The Bertz CT molecular complexity index is 1350. The summed E-state index contributed by atoms with van der Waals surface area (Å²) in [7, 11) is 0. The van der Waals surface area contributed by atoms with Gasteiger partial charge in [-0.1, -0.05) is 25.0 Å². The molecule has 0 aliphatic heterocycles. The van der Waals surface area contributed by atoms with Crippen LogP contribution in [-0.4, -0.2) is 21.2 Å². The summed E-state index contributed by atoms with van der Waals surface area (Å²) in [5.41, 5.74) is 3.26. The molecule has 34 heavy (non-hydrogen) atoms. The van der Waals surface area contributed by atoms with Crippen molar-refractivity contribution in [3.63, 3.8) is 0 Å². The van der Waals surface area contributed by atoms with E-state index in [1.54, 1.807) is 54.9 Å². The Morgan fingerprint density at radius 3 is 2.56 bits per heavy atom. The Balaban J connectivity index is 1.48. The molecular weight excluding hydrogens is 433 g/mol. The van der Waals surface area contributed by atoms with Crippen molar-refractivity contribution in [2.75, 3.05) is 5.32 Å². The average Bonchev–Trinajstić information content (AvgIpc) is 3.59. The molecule has 1 N–H and O–H groups in total. The van der Waals surface area contributed by atoms with E-state index in [1.165, 1.54) is 19.1 Å². The zero-order valence-corrected chi connectivity index (χ0v) is 18.8. The van der Waals surface area contributed by atoms with E-state index < -0.39 is 5.91 Å². The van der Waals surface area contributed by atoms with Crippen LogP contribution in [0.15, 0.2) is 71.4 Å². The van der Waals surface area contributed by atoms with E-state index in [1.807, 2.05) is 0 Å². The van der Waals surface area contributed by atoms with E-state index in [4.69, 9.17) is 4.42 Å². The van der Waals surface area contributed by atoms with E-state index in [9.17, 15) is 14.0 Å². The molecule has 1 amide bonds. The Morgan fingerprint density at radius 2 is 1.82 bits per heavy atom. The zero-order chi connectivity index (χ0) is 23.7. The van der Waals surface area contributed by atoms with Crippen molar-refractivity contribution < 1.29 is 18.4 Å². The van der Waals surface area contributed by atoms with Crippen LogP contribution < -0.4 is 5.32 Å². The van der Waals surface area contributed by atoms with Gasteiger partial charge >= 0.3 is 0 Å². The predicted octanol–water partition coefficient (Wildman–Crippen LogP) is 6.52. The maximum atomic E-state index is 13.5. The van der Waals surface area contributed by atoms with E-state index in [-0.39, 0.29) is 17.4 Å². The lowest BCUT2D eigenvalue weighted by molar-refractivity contribution is 0.0992. The quantitative estimate of drug-likeness (QED) is 0.335. The minimum absolute atomic E-state index is 0.0788. The number of aromatic nitrogens is 2. The third-order valence-corrected chi connectivity index (χ3v) is 6.22. The highest BCUT2D eigenvalue weighted by atomic mass is 19.1. The van der Waals surface area contributed by atoms with E-state index in [0.717, 1.165) is 36.9 Å². The molecule has 2 heterocycles. The third kappa shape index (κ3) is 4.29. The summed E-state index contributed by atoms with van der Waals surface area (Å²) >= 11 is 0. The molecule has 0 unspecified atom stereocenters. The van der Waals surface area contributed by atoms with Gasteiger partial charge in [0.05, 0.1) is 12.0 Å². The summed E-state index contributed by atoms with van der Waals surface area (Å²) in [6, 6.07) is 16.6. The number of anilines is 1. The third-order valence-electron chi connectivity index (χ3n) is 6.22. The van der Waals surface area contributed by atoms with Gasteiger partial charge in [0.25, 0.3) is 5.91 Å². The normalized spacial score (nSPS) is 13.8. The highest BCUT2D eigenvalue weighted by Crippen LogP contribution is 2.39. The summed E-state index contributed by atoms with van der Waals surface area (Å²) in [4.78, 5) is 29.1. The molecule has 7 heteroatoms. The van der Waals surface area contributed by atoms with Gasteiger partial charge in [-0.15, -0.1) is 0 Å². The van der Waals surface area contributed by atoms with Gasteiger partial charge in [0, 0.05) is 22.9 Å². The molecule has 0 saturated heterocycles. The molecule has 6 nitrogen and oxygen atoms in total. The number of furan rings is 1. The maximum absolute atomic E-state index is 13.5. The molecule has 4 aromatic rings. The first kappa shape index (κ1) is 21.8. The largest absolute Gasteiger partial charge is 0.449 e. The molecule has 2 aromatic heterocycles. The van der Waals surface area contributed by atoms with Gasteiger partial charge in [0.2, 0.25) is 0 Å². The van der Waals surface area contributed by atoms with Crippen LogP contribution in [-0.2, 0) is 0 Å². The topological polar surface area (TPSA) is 77.1 Å². The Morgan fingerprint density at radius 1 is 1.06 bits per heavy atom. The first-order valence-electron chi connectivity index (χ1n) is 11.3. The molecule has 0 spiro atoms. The van der Waals surface area contributed by atoms with Crippen molar-refractivity contribution in [1.29, 1.82) is 0 Å². The minimum Gasteiger partial charge on any atom is -0.449 e. The molecule has 2 aromatic carbocycles. The number of carbonyl (C=O) groups excluding carboxylic acids is 2. The van der Waals surface area contributed by atoms with E-state index in [2.05, 4.69) is 14.9 Å². The second-order valence-electron chi connectivity index (χ2n) is 8.55. The van der Waals surface area contributed by atoms with Crippen LogP contribution in [0.2, 0.25) is 0 Å². The van der Waals surface area contributed by atoms with Crippen molar-refractivity contribution in [3.05, 3.63) is 84.1 Å². The highest BCUT2D eigenvalue weighted by Gasteiger charge is 2.26. The Kier molecular flexibility index (Phi) is 5.84. The number of hydrogen-bond acceptors (Lipinski definition) is 4. The van der Waals surface area contributed by atoms with Crippen LogP contribution in [0.3, 0.4) is 0 Å². The van der Waals surface area contributed by atoms with Crippen molar-refractivity contribution in [2.24, 2.45) is 0 Å². The summed E-state index contributed by atoms with van der Waals surface area (Å²) in [6.07, 6.45) is 6.21. The number of nitrogens with zero attached hydrogens (tertiary/aromatic N) is 2. The smallest absolute Gasteiger partial charge is 0.291 e. The lowest BCUT2D eigenvalue weighted by Gasteiger charge is -2.15. The molecule has 1 fully saturated rings. The highest BCUT2D eigenvalue weighted by molar-refractivity contribution is 6.03. The van der Waals surface area contributed by atoms with Crippen LogP contribution >= 0.6 is 0 Å². The van der Waals surface area contributed by atoms with Gasteiger partial charge in [0.1, 0.15) is 11.5 Å². The number of amides is 1. The zero-order valence-electron chi connectivity index (χ0n) is 18.8. The van der Waals surface area contributed by atoms with Crippen LogP contribution in [0, 0.1) is 5.82 Å². The van der Waals surface area contributed by atoms with Crippen molar-refractivity contribution >= 4 is 17.4 Å². The standard InChI is InChI=1S/C27H24FN3O3/c1-17(32)19-5-4-6-21(15-19)30-27(33)24-14-13-23(34-24)26-25(18-9-11-20(28)12-10-18)29-16-31(26)22-7-2-3-8-22/h4-6,9-16,22H,2-3,7-8H2,1H3,(H,30,33). The summed E-state index contributed by atoms with van der Waals surface area (Å²) in [5.74, 6) is -0.141. The van der Waals surface area contributed by atoms with Crippen LogP contribution in [0.4, 0.5) is 10.1 Å². The molecule has 172 valence electrons. The molecule has 5 rings (SSSR count). The number of benzene rings is 2. The van der Waals surface area contributed by atoms with E-state index >= 15 is 0 Å². The summed E-state index contributed by atoms with van der Waals surface area (Å²) < 4.78 is 21.6. The molecule has 1 aliphatic rings. The predicted molar refractivity (Wildman–Crippen MR) is 127 cm³/mol. The lowest BCUT2D eigenvalue weighted by atomic mass is 10.1. The number of ketones is 1. The van der Waals surface area contributed by atoms with Gasteiger partial charge in [-0.3, -0.25) is 9.59 Å². The number of carbonyl (C=O) groups is 2. The molecule has 0 atom stereocenters. The maximum Gasteiger partial charge on any atom is 0.291 e. The second-order valence-corrected chi connectivity index (χ2v) is 8.55. The fourth-order valence-corrected chi connectivity index (χ4v) is 4.48. The average molecular weight is 458 g/mol. The number of hydrogen-bond donors (Lipinski definition) is 1. The lowest BCUT2D eigenvalue weighted by Crippen LogP contribution is -2.11. The summed E-state index contributed by atoms with van der Waals surface area (Å²) in [6.45, 7) is 1.48. The Labute approximate surface area is 196 Å². The SMILES string of the molecule is CC(=O)c1cccc(NC(=O)c2ccc(-c3c(-c4ccc(F)cc4)ncn3C3CCCC3)o2)c1. The number of Topliss-reactive ketones (excluding diaryl/α,β-unsaturated/α-hetero) is 1. The first-order chi connectivity index (χ1) is 16.5. The Hall–Kier alpha value is -4.00. The molecule has 1 saturated carbocycles. The van der Waals surface area contributed by atoms with Crippen LogP contribution in [0.1, 0.15) is 59.6 Å². The number of rotatable bonds is 6. The van der Waals surface area contributed by atoms with Crippen LogP contribution in [0.5, 0.6) is 0 Å². The van der Waals surface area contributed by atoms with Crippen LogP contribution in [0.25, 0.3) is 22.7 Å². The molecule has 1 aliphatic carbocycles. The molecule has 0 bridgehead atoms. The van der Waals surface area contributed by atoms with E-state index in [0.29, 0.717) is 28.7 Å². The number of halogens is 1. The van der Waals surface area contributed by atoms with Crippen molar-refractivity contribution in [1.82, 2.24) is 9.55 Å².